The summed E-state index contributed by atoms with van der Waals surface area (Å²) in [6, 6.07) is 8.19. The maximum absolute atomic E-state index is 13.7. The summed E-state index contributed by atoms with van der Waals surface area (Å²) in [7, 11) is 0. The van der Waals surface area contributed by atoms with Gasteiger partial charge in [0.2, 0.25) is 0 Å². The molecule has 0 aliphatic rings. The maximum Gasteiger partial charge on any atom is 0.129 e. The summed E-state index contributed by atoms with van der Waals surface area (Å²) in [5.41, 5.74) is 7.37. The van der Waals surface area contributed by atoms with Crippen molar-refractivity contribution in [1.29, 1.82) is 0 Å². The highest BCUT2D eigenvalue weighted by molar-refractivity contribution is 9.10. The molecule has 0 aliphatic heterocycles. The molecule has 2 aromatic rings. The number of aromatic nitrogens is 1. The number of nitrogens with zero attached hydrogens (tertiary/aromatic N) is 1. The van der Waals surface area contributed by atoms with Crippen molar-refractivity contribution in [3.63, 3.8) is 0 Å². The third kappa shape index (κ3) is 3.16. The zero-order valence-electron chi connectivity index (χ0n) is 9.41. The lowest BCUT2D eigenvalue weighted by atomic mass is 10.0. The predicted octanol–water partition coefficient (Wildman–Crippen LogP) is 3.99. The van der Waals surface area contributed by atoms with E-state index in [1.165, 1.54) is 6.07 Å². The molecule has 2 N–H and O–H groups in total. The Morgan fingerprint density at radius 3 is 2.61 bits per heavy atom. The first-order valence-corrected chi connectivity index (χ1v) is 6.96. The zero-order chi connectivity index (χ0) is 13.1. The van der Waals surface area contributed by atoms with Crippen molar-refractivity contribution in [2.75, 3.05) is 0 Å². The van der Waals surface area contributed by atoms with Crippen LogP contribution in [-0.4, -0.2) is 4.98 Å². The zero-order valence-corrected chi connectivity index (χ0v) is 12.6. The third-order valence-electron chi connectivity index (χ3n) is 2.59. The van der Waals surface area contributed by atoms with E-state index in [0.717, 1.165) is 10.2 Å². The van der Waals surface area contributed by atoms with Crippen LogP contribution >= 0.6 is 31.9 Å². The molecule has 18 heavy (non-hydrogen) atoms. The summed E-state index contributed by atoms with van der Waals surface area (Å²) in [6.07, 6.45) is 2.20. The second-order valence-corrected chi connectivity index (χ2v) is 5.68. The molecular weight excluding hydrogens is 363 g/mol. The van der Waals surface area contributed by atoms with Crippen molar-refractivity contribution >= 4 is 31.9 Å². The van der Waals surface area contributed by atoms with E-state index in [-0.39, 0.29) is 5.82 Å². The molecule has 1 unspecified atom stereocenters. The second kappa shape index (κ2) is 5.91. The summed E-state index contributed by atoms with van der Waals surface area (Å²) in [4.78, 5) is 4.24. The van der Waals surface area contributed by atoms with Gasteiger partial charge in [0.15, 0.2) is 0 Å². The fourth-order valence-electron chi connectivity index (χ4n) is 1.72. The van der Waals surface area contributed by atoms with Gasteiger partial charge in [-0.15, -0.1) is 0 Å². The van der Waals surface area contributed by atoms with E-state index in [1.807, 2.05) is 12.1 Å². The van der Waals surface area contributed by atoms with Crippen LogP contribution in [-0.2, 0) is 6.42 Å². The number of hydrogen-bond acceptors (Lipinski definition) is 2. The van der Waals surface area contributed by atoms with E-state index >= 15 is 0 Å². The number of benzene rings is 1. The van der Waals surface area contributed by atoms with Crippen molar-refractivity contribution in [3.8, 4) is 0 Å². The first-order chi connectivity index (χ1) is 8.58. The Morgan fingerprint density at radius 2 is 2.00 bits per heavy atom. The molecule has 0 amide bonds. The molecule has 0 saturated carbocycles. The highest BCUT2D eigenvalue weighted by atomic mass is 79.9. The van der Waals surface area contributed by atoms with Crippen molar-refractivity contribution in [2.45, 2.75) is 12.5 Å². The smallest absolute Gasteiger partial charge is 0.129 e. The lowest BCUT2D eigenvalue weighted by Crippen LogP contribution is -2.16. The Morgan fingerprint density at radius 1 is 1.22 bits per heavy atom. The lowest BCUT2D eigenvalue weighted by molar-refractivity contribution is 0.575. The number of rotatable bonds is 3. The minimum atomic E-state index is -0.422. The van der Waals surface area contributed by atoms with Crippen LogP contribution in [0.25, 0.3) is 0 Å². The molecular formula is C13H11Br2FN2. The fraction of sp³-hybridized carbons (Fsp3) is 0.154. The SMILES string of the molecule is NC(Cc1ccc(Br)cn1)c1c(F)cccc1Br. The molecule has 2 rings (SSSR count). The first-order valence-electron chi connectivity index (χ1n) is 5.38. The molecule has 5 heteroatoms. The van der Waals surface area contributed by atoms with Crippen LogP contribution in [0.2, 0.25) is 0 Å². The van der Waals surface area contributed by atoms with Crippen molar-refractivity contribution in [1.82, 2.24) is 4.98 Å². The van der Waals surface area contributed by atoms with E-state index < -0.39 is 6.04 Å². The van der Waals surface area contributed by atoms with Gasteiger partial charge in [-0.25, -0.2) is 4.39 Å². The molecule has 94 valence electrons. The topological polar surface area (TPSA) is 38.9 Å². The monoisotopic (exact) mass is 372 g/mol. The van der Waals surface area contributed by atoms with Crippen LogP contribution in [0.1, 0.15) is 17.3 Å². The fourth-order valence-corrected chi connectivity index (χ4v) is 2.59. The van der Waals surface area contributed by atoms with Crippen LogP contribution in [0.4, 0.5) is 4.39 Å². The Bertz CT molecular complexity index is 523. The molecule has 1 atom stereocenters. The maximum atomic E-state index is 13.7. The number of halogens is 3. The molecule has 0 spiro atoms. The average Bonchev–Trinajstić information content (AvgIpc) is 2.32. The van der Waals surface area contributed by atoms with Gasteiger partial charge in [0.05, 0.1) is 0 Å². The second-order valence-electron chi connectivity index (χ2n) is 3.91. The van der Waals surface area contributed by atoms with Gasteiger partial charge in [0.1, 0.15) is 5.82 Å². The Labute approximate surface area is 122 Å². The van der Waals surface area contributed by atoms with E-state index in [2.05, 4.69) is 36.8 Å². The summed E-state index contributed by atoms with van der Waals surface area (Å²) >= 11 is 6.64. The number of nitrogens with two attached hydrogens (primary N) is 1. The molecule has 2 nitrogen and oxygen atoms in total. The Balaban J connectivity index is 2.22. The molecule has 0 aliphatic carbocycles. The van der Waals surface area contributed by atoms with Crippen LogP contribution < -0.4 is 5.73 Å². The van der Waals surface area contributed by atoms with Crippen LogP contribution in [0.15, 0.2) is 45.5 Å². The van der Waals surface area contributed by atoms with Crippen LogP contribution in [0, 0.1) is 5.82 Å². The molecule has 1 aromatic carbocycles. The molecule has 1 aromatic heterocycles. The third-order valence-corrected chi connectivity index (χ3v) is 3.75. The van der Waals surface area contributed by atoms with Gasteiger partial charge < -0.3 is 5.73 Å². The van der Waals surface area contributed by atoms with Gasteiger partial charge in [-0.1, -0.05) is 22.0 Å². The minimum Gasteiger partial charge on any atom is -0.324 e. The average molecular weight is 374 g/mol. The number of hydrogen-bond donors (Lipinski definition) is 1. The molecule has 0 fully saturated rings. The predicted molar refractivity (Wildman–Crippen MR) is 76.7 cm³/mol. The van der Waals surface area contributed by atoms with E-state index in [1.54, 1.807) is 18.3 Å². The van der Waals surface area contributed by atoms with Crippen LogP contribution in [0.3, 0.4) is 0 Å². The first kappa shape index (κ1) is 13.6. The van der Waals surface area contributed by atoms with Crippen molar-refractivity contribution in [3.05, 3.63) is 62.5 Å². The summed E-state index contributed by atoms with van der Waals surface area (Å²) < 4.78 is 15.3. The quantitative estimate of drug-likeness (QED) is 0.883. The van der Waals surface area contributed by atoms with E-state index in [4.69, 9.17) is 5.73 Å². The van der Waals surface area contributed by atoms with Crippen molar-refractivity contribution in [2.24, 2.45) is 5.73 Å². The highest BCUT2D eigenvalue weighted by Crippen LogP contribution is 2.26. The molecule has 0 radical (unpaired) electrons. The number of pyridine rings is 1. The molecule has 1 heterocycles. The largest absolute Gasteiger partial charge is 0.324 e. The van der Waals surface area contributed by atoms with Gasteiger partial charge >= 0.3 is 0 Å². The Kier molecular flexibility index (Phi) is 4.48. The van der Waals surface area contributed by atoms with Crippen molar-refractivity contribution < 1.29 is 4.39 Å². The van der Waals surface area contributed by atoms with Gasteiger partial charge in [-0.05, 0) is 40.2 Å². The summed E-state index contributed by atoms with van der Waals surface area (Å²) in [5.74, 6) is -0.297. The molecule has 0 saturated heterocycles. The normalized spacial score (nSPS) is 12.4. The van der Waals surface area contributed by atoms with Gasteiger partial charge in [0.25, 0.3) is 0 Å². The van der Waals surface area contributed by atoms with E-state index in [0.29, 0.717) is 16.5 Å². The van der Waals surface area contributed by atoms with Gasteiger partial charge in [0, 0.05) is 38.9 Å². The van der Waals surface area contributed by atoms with E-state index in [9.17, 15) is 4.39 Å². The lowest BCUT2D eigenvalue weighted by Gasteiger charge is -2.14. The summed E-state index contributed by atoms with van der Waals surface area (Å²) in [6.45, 7) is 0. The molecule has 0 bridgehead atoms. The standard InChI is InChI=1S/C13H11Br2FN2/c14-8-4-5-9(18-7-8)6-12(17)13-10(15)2-1-3-11(13)16/h1-5,7,12H,6,17H2. The van der Waals surface area contributed by atoms with Gasteiger partial charge in [-0.2, -0.15) is 0 Å². The highest BCUT2D eigenvalue weighted by Gasteiger charge is 2.15. The minimum absolute atomic E-state index is 0.297. The van der Waals surface area contributed by atoms with Crippen LogP contribution in [0.5, 0.6) is 0 Å². The van der Waals surface area contributed by atoms with Gasteiger partial charge in [-0.3, -0.25) is 4.98 Å². The summed E-state index contributed by atoms with van der Waals surface area (Å²) in [5, 5.41) is 0. The Hall–Kier alpha value is -0.780.